The van der Waals surface area contributed by atoms with Crippen molar-refractivity contribution in [2.75, 3.05) is 0 Å². The van der Waals surface area contributed by atoms with Crippen LogP contribution in [0, 0.1) is 20.8 Å². The van der Waals surface area contributed by atoms with E-state index in [4.69, 9.17) is 10.2 Å². The van der Waals surface area contributed by atoms with Crippen LogP contribution >= 0.6 is 0 Å². The maximum Gasteiger partial charge on any atom is 0.134 e. The predicted molar refractivity (Wildman–Crippen MR) is 78.5 cm³/mol. The molecule has 0 aliphatic rings. The van der Waals surface area contributed by atoms with Crippen LogP contribution in [-0.2, 0) is 0 Å². The minimum atomic E-state index is -0.322. The third kappa shape index (κ3) is 2.18. The summed E-state index contributed by atoms with van der Waals surface area (Å²) in [4.78, 5) is 0. The Bertz CT molecular complexity index is 776. The van der Waals surface area contributed by atoms with E-state index >= 15 is 0 Å². The molecule has 102 valence electrons. The van der Waals surface area contributed by atoms with Crippen LogP contribution in [0.15, 0.2) is 34.7 Å². The van der Waals surface area contributed by atoms with Gasteiger partial charge in [-0.3, -0.25) is 0 Å². The molecule has 4 heteroatoms. The number of benzene rings is 1. The Hall–Kier alpha value is -2.20. The van der Waals surface area contributed by atoms with Crippen molar-refractivity contribution in [3.8, 4) is 0 Å². The van der Waals surface area contributed by atoms with E-state index in [1.165, 1.54) is 5.56 Å². The number of fused-ring (bicyclic) bond motifs is 1. The molecule has 1 atom stereocenters. The molecular formula is C16H17N3O. The largest absolute Gasteiger partial charge is 0.459 e. The average Bonchev–Trinajstić information content (AvgIpc) is 2.83. The summed E-state index contributed by atoms with van der Waals surface area (Å²) >= 11 is 0. The lowest BCUT2D eigenvalue weighted by atomic mass is 10.0. The maximum atomic E-state index is 6.33. The second-order valence-electron chi connectivity index (χ2n) is 5.19. The van der Waals surface area contributed by atoms with Crippen molar-refractivity contribution in [3.05, 3.63) is 58.6 Å². The van der Waals surface area contributed by atoms with Gasteiger partial charge in [-0.15, -0.1) is 0 Å². The molecule has 3 aromatic rings. The molecule has 4 nitrogen and oxygen atoms in total. The molecule has 2 heterocycles. The average molecular weight is 267 g/mol. The van der Waals surface area contributed by atoms with Crippen LogP contribution in [-0.4, -0.2) is 10.2 Å². The van der Waals surface area contributed by atoms with Gasteiger partial charge in [-0.05, 0) is 45.0 Å². The van der Waals surface area contributed by atoms with E-state index < -0.39 is 0 Å². The minimum Gasteiger partial charge on any atom is -0.459 e. The molecule has 0 fully saturated rings. The van der Waals surface area contributed by atoms with Gasteiger partial charge in [0.15, 0.2) is 0 Å². The Morgan fingerprint density at radius 1 is 1.05 bits per heavy atom. The molecule has 20 heavy (non-hydrogen) atoms. The first-order chi connectivity index (χ1) is 9.54. The molecule has 2 aromatic heterocycles. The predicted octanol–water partition coefficient (Wildman–Crippen LogP) is 3.20. The molecule has 1 unspecified atom stereocenters. The third-order valence-corrected chi connectivity index (χ3v) is 3.47. The van der Waals surface area contributed by atoms with Crippen molar-refractivity contribution in [1.29, 1.82) is 0 Å². The third-order valence-electron chi connectivity index (χ3n) is 3.47. The molecule has 0 bridgehead atoms. The Morgan fingerprint density at radius 3 is 2.65 bits per heavy atom. The summed E-state index contributed by atoms with van der Waals surface area (Å²) in [6.45, 7) is 5.88. The zero-order valence-electron chi connectivity index (χ0n) is 11.8. The summed E-state index contributed by atoms with van der Waals surface area (Å²) in [7, 11) is 0. The van der Waals surface area contributed by atoms with Gasteiger partial charge in [0.05, 0.1) is 17.4 Å². The van der Waals surface area contributed by atoms with E-state index in [2.05, 4.69) is 23.2 Å². The van der Waals surface area contributed by atoms with E-state index in [1.807, 2.05) is 38.1 Å². The number of aryl methyl sites for hydroxylation is 3. The van der Waals surface area contributed by atoms with E-state index in [-0.39, 0.29) is 6.04 Å². The van der Waals surface area contributed by atoms with Crippen LogP contribution in [0.5, 0.6) is 0 Å². The van der Waals surface area contributed by atoms with Crippen LogP contribution in [0.1, 0.15) is 34.3 Å². The Balaban J connectivity index is 2.07. The lowest BCUT2D eigenvalue weighted by molar-refractivity contribution is 0.522. The van der Waals surface area contributed by atoms with E-state index in [0.717, 1.165) is 33.7 Å². The van der Waals surface area contributed by atoms with Gasteiger partial charge >= 0.3 is 0 Å². The molecule has 0 saturated carbocycles. The number of hydrogen-bond acceptors (Lipinski definition) is 4. The number of furan rings is 1. The van der Waals surface area contributed by atoms with Crippen molar-refractivity contribution in [3.63, 3.8) is 0 Å². The molecule has 0 radical (unpaired) electrons. The quantitative estimate of drug-likeness (QED) is 0.774. The molecule has 0 spiro atoms. The topological polar surface area (TPSA) is 64.9 Å². The number of hydrogen-bond donors (Lipinski definition) is 1. The van der Waals surface area contributed by atoms with Gasteiger partial charge in [-0.2, -0.15) is 10.2 Å². The lowest BCUT2D eigenvalue weighted by Crippen LogP contribution is -2.14. The van der Waals surface area contributed by atoms with Gasteiger partial charge in [0.1, 0.15) is 11.3 Å². The van der Waals surface area contributed by atoms with E-state index in [0.29, 0.717) is 0 Å². The molecule has 0 saturated heterocycles. The zero-order valence-corrected chi connectivity index (χ0v) is 11.8. The molecule has 0 amide bonds. The van der Waals surface area contributed by atoms with Gasteiger partial charge < -0.3 is 10.2 Å². The normalized spacial score (nSPS) is 12.8. The molecule has 2 N–H and O–H groups in total. The zero-order chi connectivity index (χ0) is 14.3. The Labute approximate surface area is 117 Å². The van der Waals surface area contributed by atoms with Crippen LogP contribution in [0.3, 0.4) is 0 Å². The van der Waals surface area contributed by atoms with Gasteiger partial charge in [0, 0.05) is 10.9 Å². The smallest absolute Gasteiger partial charge is 0.134 e. The van der Waals surface area contributed by atoms with E-state index in [9.17, 15) is 0 Å². The standard InChI is InChI=1S/C16H17N3O/c1-9-4-5-14-12(6-9)8-15(20-14)16(17)13-7-10(2)18-19-11(13)3/h4-8,16H,17H2,1-3H3. The van der Waals surface area contributed by atoms with Gasteiger partial charge in [-0.1, -0.05) is 11.6 Å². The fourth-order valence-electron chi connectivity index (χ4n) is 2.37. The highest BCUT2D eigenvalue weighted by Gasteiger charge is 2.17. The van der Waals surface area contributed by atoms with Gasteiger partial charge in [0.2, 0.25) is 0 Å². The van der Waals surface area contributed by atoms with Crippen molar-refractivity contribution in [2.24, 2.45) is 5.73 Å². The summed E-state index contributed by atoms with van der Waals surface area (Å²) < 4.78 is 5.86. The highest BCUT2D eigenvalue weighted by atomic mass is 16.3. The monoisotopic (exact) mass is 267 g/mol. The molecule has 0 aliphatic carbocycles. The highest BCUT2D eigenvalue weighted by Crippen LogP contribution is 2.28. The first-order valence-corrected chi connectivity index (χ1v) is 6.61. The molecular weight excluding hydrogens is 250 g/mol. The summed E-state index contributed by atoms with van der Waals surface area (Å²) in [6, 6.07) is 9.75. The number of nitrogens with zero attached hydrogens (tertiary/aromatic N) is 2. The first kappa shape index (κ1) is 12.8. The molecule has 0 aliphatic heterocycles. The minimum absolute atomic E-state index is 0.322. The van der Waals surface area contributed by atoms with Crippen molar-refractivity contribution >= 4 is 11.0 Å². The number of rotatable bonds is 2. The molecule has 1 aromatic carbocycles. The second kappa shape index (κ2) is 4.72. The summed E-state index contributed by atoms with van der Waals surface area (Å²) in [5.41, 5.74) is 11.0. The van der Waals surface area contributed by atoms with Gasteiger partial charge in [0.25, 0.3) is 0 Å². The van der Waals surface area contributed by atoms with Crippen molar-refractivity contribution in [1.82, 2.24) is 10.2 Å². The Kier molecular flexibility index (Phi) is 3.03. The lowest BCUT2D eigenvalue weighted by Gasteiger charge is -2.11. The summed E-state index contributed by atoms with van der Waals surface area (Å²) in [5.74, 6) is 0.751. The van der Waals surface area contributed by atoms with Crippen LogP contribution < -0.4 is 5.73 Å². The maximum absolute atomic E-state index is 6.33. The highest BCUT2D eigenvalue weighted by molar-refractivity contribution is 5.78. The SMILES string of the molecule is Cc1ccc2oc(C(N)c3cc(C)nnc3C)cc2c1. The van der Waals surface area contributed by atoms with Crippen LogP contribution in [0.2, 0.25) is 0 Å². The summed E-state index contributed by atoms with van der Waals surface area (Å²) in [6.07, 6.45) is 0. The molecule has 3 rings (SSSR count). The van der Waals surface area contributed by atoms with E-state index in [1.54, 1.807) is 0 Å². The van der Waals surface area contributed by atoms with Crippen LogP contribution in [0.4, 0.5) is 0 Å². The summed E-state index contributed by atoms with van der Waals surface area (Å²) in [5, 5.41) is 9.23. The first-order valence-electron chi connectivity index (χ1n) is 6.61. The Morgan fingerprint density at radius 2 is 1.85 bits per heavy atom. The van der Waals surface area contributed by atoms with Crippen molar-refractivity contribution in [2.45, 2.75) is 26.8 Å². The second-order valence-corrected chi connectivity index (χ2v) is 5.19. The fraction of sp³-hybridized carbons (Fsp3) is 0.250. The van der Waals surface area contributed by atoms with Crippen molar-refractivity contribution < 1.29 is 4.42 Å². The van der Waals surface area contributed by atoms with Gasteiger partial charge in [-0.25, -0.2) is 0 Å². The number of aromatic nitrogens is 2. The fourth-order valence-corrected chi connectivity index (χ4v) is 2.37. The van der Waals surface area contributed by atoms with Crippen LogP contribution in [0.25, 0.3) is 11.0 Å². The number of nitrogens with two attached hydrogens (primary N) is 1.